The van der Waals surface area contributed by atoms with Gasteiger partial charge in [-0.1, -0.05) is 128 Å². The van der Waals surface area contributed by atoms with Gasteiger partial charge in [0.15, 0.2) is 6.10 Å². The molecule has 10 atom stereocenters. The molecule has 0 aromatic rings. The van der Waals surface area contributed by atoms with Crippen LogP contribution in [0.2, 0.25) is 0 Å². The Morgan fingerprint density at radius 3 is 1.19 bits per heavy atom. The molecule has 0 aromatic carbocycles. The lowest BCUT2D eigenvalue weighted by Crippen LogP contribution is -2.59. The number of nitrogens with one attached hydrogen (secondary N) is 3. The maximum atomic E-state index is 14.4. The van der Waals surface area contributed by atoms with Gasteiger partial charge in [-0.3, -0.25) is 24.0 Å². The molecule has 22 heteroatoms. The Kier molecular flexibility index (Phi) is 21.9. The molecule has 8 rings (SSSR count). The summed E-state index contributed by atoms with van der Waals surface area (Å²) in [6.45, 7) is 31.6. The van der Waals surface area contributed by atoms with Gasteiger partial charge < -0.3 is 67.7 Å². The summed E-state index contributed by atoms with van der Waals surface area (Å²) in [5.41, 5.74) is 13.1. The monoisotopic (exact) mass is 1220 g/mol. The van der Waals surface area contributed by atoms with Gasteiger partial charge in [0.1, 0.15) is 41.5 Å². The second-order valence-corrected chi connectivity index (χ2v) is 31.4. The van der Waals surface area contributed by atoms with Crippen LogP contribution in [0.15, 0.2) is 0 Å². The van der Waals surface area contributed by atoms with Gasteiger partial charge in [-0.2, -0.15) is 0 Å². The summed E-state index contributed by atoms with van der Waals surface area (Å²) >= 11 is 0. The number of aliphatic hydroxyl groups is 2. The summed E-state index contributed by atoms with van der Waals surface area (Å²) in [5, 5.41) is 38.2. The SMILES string of the molecule is C.CC(C)(C)OC(=O)N[C@H](C(=O)N1C[C@]2(C[C@H]1C(=O)NC(CC1CCC1)C(O)C(N)=O)C(C)(C)C21CCC1)C(C)(C)C.CC(C)(C)OC(=O)N[C@H](C(=O)N1C[C@]2(C[C@H]1C(=O)O)C(C)(C)C21CCC1)C(C)(C)C.Cl.NC(=O)C(O)C(N)CC1CCC1. The molecular formula is C63H111ClN8O13. The molecule has 85 heavy (non-hydrogen) atoms. The van der Waals surface area contributed by atoms with Gasteiger partial charge in [-0.15, -0.1) is 12.4 Å². The number of nitrogens with zero attached hydrogens (tertiary/aromatic N) is 2. The van der Waals surface area contributed by atoms with Crippen LogP contribution in [-0.2, 0) is 38.2 Å². The van der Waals surface area contributed by atoms with Crippen molar-refractivity contribution in [1.29, 1.82) is 0 Å². The second kappa shape index (κ2) is 25.6. The standard InChI is InChI=1S/C31H52N4O6.C23H38N2O5.C8H16N2O2.CH4.ClH/c1-27(2,3)22(34-26(40)41-28(4,5)6)25(39)35-17-31(29(7,8)30(31)13-10-14-30)16-20(35)24(38)33-19(21(36)23(32)37)15-18-11-9-12-18;1-19(2,3)15(24-18(29)30-20(4,5)6)16(26)25-13-23(12-14(25)17(27)28)21(7,8)22(23)10-9-11-22;9-6(7(11)8(10)12)4-5-2-1-3-5;;/h18-22,36H,9-17H2,1-8H3,(H2,32,37)(H,33,38)(H,34,40);14-15H,9-13H2,1-8H3,(H,24,29)(H,27,28);5-7,11H,1-4,9H2,(H2,10,12);1H4;1H/t19?,20-,21?,22+,31+;14-,15+,23+;;;/m00.../s1. The van der Waals surface area contributed by atoms with Crippen LogP contribution in [0.4, 0.5) is 9.59 Å². The largest absolute Gasteiger partial charge is 0.480 e. The minimum absolute atomic E-state index is 0. The van der Waals surface area contributed by atoms with Gasteiger partial charge in [0.25, 0.3) is 0 Å². The fourth-order valence-corrected chi connectivity index (χ4v) is 15.9. The van der Waals surface area contributed by atoms with E-state index in [2.05, 4.69) is 43.6 Å². The van der Waals surface area contributed by atoms with E-state index >= 15 is 0 Å². The summed E-state index contributed by atoms with van der Waals surface area (Å²) in [6.07, 6.45) is 11.4. The molecule has 21 nitrogen and oxygen atoms in total. The van der Waals surface area contributed by atoms with Gasteiger partial charge >= 0.3 is 18.2 Å². The molecule has 6 aliphatic carbocycles. The van der Waals surface area contributed by atoms with E-state index < -0.39 is 100 Å². The van der Waals surface area contributed by atoms with Crippen molar-refractivity contribution in [1.82, 2.24) is 25.8 Å². The van der Waals surface area contributed by atoms with Crippen LogP contribution in [0.5, 0.6) is 0 Å². The molecule has 2 heterocycles. The first-order chi connectivity index (χ1) is 37.9. The minimum atomic E-state index is -1.51. The average Bonchev–Trinajstić information content (AvgIpc) is 1.47. The van der Waals surface area contributed by atoms with Crippen LogP contribution >= 0.6 is 12.4 Å². The number of carboxylic acids is 1. The Hall–Kier alpha value is -4.47. The highest BCUT2D eigenvalue weighted by Gasteiger charge is 2.86. The summed E-state index contributed by atoms with van der Waals surface area (Å²) in [4.78, 5) is 105. The number of ether oxygens (including phenoxy) is 2. The van der Waals surface area contributed by atoms with Gasteiger partial charge in [0, 0.05) is 30.0 Å². The highest BCUT2D eigenvalue weighted by molar-refractivity contribution is 5.94. The highest BCUT2D eigenvalue weighted by atomic mass is 35.5. The molecule has 4 unspecified atom stereocenters. The van der Waals surface area contributed by atoms with Gasteiger partial charge in [-0.05, 0) is 137 Å². The highest BCUT2D eigenvalue weighted by Crippen LogP contribution is 2.89. The Morgan fingerprint density at radius 2 is 0.906 bits per heavy atom. The fraction of sp³-hybridized carbons (Fsp3) is 0.873. The number of carbonyl (C=O) groups excluding carboxylic acids is 7. The number of primary amides is 2. The number of amides is 7. The van der Waals surface area contributed by atoms with Gasteiger partial charge in [-0.25, -0.2) is 14.4 Å². The lowest BCUT2D eigenvalue weighted by molar-refractivity contribution is -0.150. The number of likely N-dealkylation sites (tertiary alicyclic amines) is 2. The van der Waals surface area contributed by atoms with E-state index in [-0.39, 0.29) is 70.0 Å². The van der Waals surface area contributed by atoms with E-state index in [0.29, 0.717) is 50.6 Å². The Balaban J connectivity index is 0.000000307. The molecule has 7 amide bonds. The van der Waals surface area contributed by atoms with Crippen molar-refractivity contribution in [2.45, 2.75) is 281 Å². The van der Waals surface area contributed by atoms with Crippen molar-refractivity contribution in [3.8, 4) is 0 Å². The molecule has 2 saturated heterocycles. The number of aliphatic hydroxyl groups excluding tert-OH is 2. The van der Waals surface area contributed by atoms with E-state index in [0.717, 1.165) is 51.4 Å². The normalized spacial score (nSPS) is 27.7. The third-order valence-electron chi connectivity index (χ3n) is 21.7. The van der Waals surface area contributed by atoms with Crippen LogP contribution in [0.25, 0.3) is 0 Å². The predicted molar refractivity (Wildman–Crippen MR) is 326 cm³/mol. The maximum absolute atomic E-state index is 14.4. The Morgan fingerprint density at radius 1 is 0.553 bits per heavy atom. The summed E-state index contributed by atoms with van der Waals surface area (Å²) < 4.78 is 10.8. The van der Waals surface area contributed by atoms with E-state index in [9.17, 15) is 48.6 Å². The molecule has 2 aliphatic heterocycles. The molecule has 0 aromatic heterocycles. The van der Waals surface area contributed by atoms with Crippen molar-refractivity contribution in [3.63, 3.8) is 0 Å². The van der Waals surface area contributed by atoms with Crippen molar-refractivity contribution in [3.05, 3.63) is 0 Å². The zero-order valence-corrected chi connectivity index (χ0v) is 54.3. The molecule has 488 valence electrons. The van der Waals surface area contributed by atoms with Crippen LogP contribution in [0.1, 0.15) is 221 Å². The van der Waals surface area contributed by atoms with Crippen molar-refractivity contribution >= 4 is 60.1 Å². The number of halogens is 1. The lowest BCUT2D eigenvalue weighted by atomic mass is 9.73. The lowest BCUT2D eigenvalue weighted by Gasteiger charge is -2.37. The zero-order valence-electron chi connectivity index (χ0n) is 53.5. The van der Waals surface area contributed by atoms with Crippen molar-refractivity contribution in [2.75, 3.05) is 13.1 Å². The minimum Gasteiger partial charge on any atom is -0.480 e. The number of fused-ring (bicyclic) bond motifs is 2. The molecule has 0 bridgehead atoms. The third kappa shape index (κ3) is 14.2. The van der Waals surface area contributed by atoms with Crippen molar-refractivity contribution in [2.24, 2.45) is 72.4 Å². The number of rotatable bonds is 15. The van der Waals surface area contributed by atoms with Crippen LogP contribution in [0.3, 0.4) is 0 Å². The molecule has 6 saturated carbocycles. The smallest absolute Gasteiger partial charge is 0.408 e. The maximum Gasteiger partial charge on any atom is 0.408 e. The van der Waals surface area contributed by atoms with Gasteiger partial charge in [0.2, 0.25) is 29.5 Å². The zero-order chi connectivity index (χ0) is 62.8. The predicted octanol–water partition coefficient (Wildman–Crippen LogP) is 7.46. The summed E-state index contributed by atoms with van der Waals surface area (Å²) in [7, 11) is 0. The molecule has 0 radical (unpaired) electrons. The van der Waals surface area contributed by atoms with Gasteiger partial charge in [0.05, 0.1) is 6.04 Å². The Bertz CT molecular complexity index is 2460. The van der Waals surface area contributed by atoms with Crippen LogP contribution in [0, 0.1) is 55.2 Å². The van der Waals surface area contributed by atoms with Crippen LogP contribution < -0.4 is 33.2 Å². The fourth-order valence-electron chi connectivity index (χ4n) is 15.9. The first-order valence-corrected chi connectivity index (χ1v) is 30.7. The van der Waals surface area contributed by atoms with E-state index in [1.54, 1.807) is 46.4 Å². The average molecular weight is 1220 g/mol. The Labute approximate surface area is 513 Å². The number of carboxylic acid groups (broad SMARTS) is 1. The number of alkyl carbamates (subject to hydrolysis) is 2. The van der Waals surface area contributed by atoms with E-state index in [1.165, 1.54) is 30.6 Å². The first-order valence-electron chi connectivity index (χ1n) is 30.7. The molecular weight excluding hydrogens is 1110 g/mol. The summed E-state index contributed by atoms with van der Waals surface area (Å²) in [5.74, 6) is -2.72. The first kappa shape index (κ1) is 73.0. The number of carbonyl (C=O) groups is 8. The number of hydrogen-bond donors (Lipinski definition) is 9. The number of nitrogens with two attached hydrogens (primary N) is 3. The van der Waals surface area contributed by atoms with E-state index in [4.69, 9.17) is 31.8 Å². The molecule has 8 aliphatic rings. The second-order valence-electron chi connectivity index (χ2n) is 31.4. The molecule has 4 spiro atoms. The van der Waals surface area contributed by atoms with E-state index in [1.807, 2.05) is 41.5 Å². The molecule has 12 N–H and O–H groups in total. The number of aliphatic carboxylic acids is 1. The quantitative estimate of drug-likeness (QED) is 0.0769. The topological polar surface area (TPSA) is 336 Å². The van der Waals surface area contributed by atoms with Crippen molar-refractivity contribution < 1.29 is 63.1 Å². The third-order valence-corrected chi connectivity index (χ3v) is 21.7. The summed E-state index contributed by atoms with van der Waals surface area (Å²) in [6, 6.07) is -4.75. The number of hydrogen-bond acceptors (Lipinski definition) is 13. The molecule has 8 fully saturated rings. The van der Waals surface area contributed by atoms with Crippen LogP contribution in [-0.4, -0.2) is 146 Å².